The number of fused-ring (bicyclic) bond motifs is 3. The molecule has 0 aliphatic heterocycles. The maximum absolute atomic E-state index is 7.15. The molecule has 4 heteroatoms. The molecule has 11 aromatic rings. The van der Waals surface area contributed by atoms with Crippen molar-refractivity contribution in [1.82, 2.24) is 4.98 Å². The van der Waals surface area contributed by atoms with Crippen LogP contribution in [0.1, 0.15) is 11.3 Å². The highest BCUT2D eigenvalue weighted by Gasteiger charge is 2.26. The van der Waals surface area contributed by atoms with Gasteiger partial charge in [0, 0.05) is 33.1 Å². The largest absolute Gasteiger partial charge is 0.454 e. The van der Waals surface area contributed by atoms with Crippen molar-refractivity contribution in [3.05, 3.63) is 234 Å². The van der Waals surface area contributed by atoms with Gasteiger partial charge in [-0.25, -0.2) is 4.98 Å². The summed E-state index contributed by atoms with van der Waals surface area (Å²) in [7, 11) is 0. The molecule has 0 unspecified atom stereocenters. The number of oxazole rings is 1. The highest BCUT2D eigenvalue weighted by molar-refractivity contribution is 6.10. The lowest BCUT2D eigenvalue weighted by Crippen LogP contribution is -2.32. The molecule has 0 radical (unpaired) electrons. The van der Waals surface area contributed by atoms with Crippen LogP contribution in [0.4, 0.5) is 11.4 Å². The van der Waals surface area contributed by atoms with E-state index in [1.54, 1.807) is 0 Å². The molecule has 0 aliphatic carbocycles. The van der Waals surface area contributed by atoms with Gasteiger partial charge in [0.05, 0.1) is 5.70 Å². The van der Waals surface area contributed by atoms with Gasteiger partial charge in [0.15, 0.2) is 11.3 Å². The normalized spacial score (nSPS) is 12.0. The molecule has 4 nitrogen and oxygen atoms in total. The van der Waals surface area contributed by atoms with Crippen molar-refractivity contribution in [2.45, 2.75) is 6.92 Å². The lowest BCUT2D eigenvalue weighted by atomic mass is 9.92. The van der Waals surface area contributed by atoms with Crippen LogP contribution in [0, 0.1) is 6.92 Å². The van der Waals surface area contributed by atoms with Gasteiger partial charge in [0.25, 0.3) is 0 Å². The SMILES string of the molecule is C=c1cccc/c1=C(/c1oc2cccc(-c3ccc(-c4nc5ccccc5o4)c4ccccc34)c2c1C)N(c1ccc(-c2ccccc2)cc1)c1ccc(-c2ccccc2)cc1. The van der Waals surface area contributed by atoms with Crippen LogP contribution >= 0.6 is 0 Å². The molecule has 0 fully saturated rings. The predicted octanol–water partition coefficient (Wildman–Crippen LogP) is 14.1. The van der Waals surface area contributed by atoms with Gasteiger partial charge >= 0.3 is 0 Å². The first-order valence-electron chi connectivity index (χ1n) is 20.9. The summed E-state index contributed by atoms with van der Waals surface area (Å²) in [5, 5.41) is 5.10. The van der Waals surface area contributed by atoms with Gasteiger partial charge in [-0.3, -0.25) is 0 Å². The van der Waals surface area contributed by atoms with Gasteiger partial charge in [-0.05, 0) is 105 Å². The van der Waals surface area contributed by atoms with E-state index in [1.807, 2.05) is 30.3 Å². The number of nitrogens with zero attached hydrogens (tertiary/aromatic N) is 2. The van der Waals surface area contributed by atoms with E-state index in [2.05, 4.69) is 200 Å². The van der Waals surface area contributed by atoms with E-state index in [4.69, 9.17) is 13.8 Å². The fraction of sp³-hybridized carbons (Fsp3) is 0.0172. The van der Waals surface area contributed by atoms with Crippen LogP contribution in [0.5, 0.6) is 0 Å². The highest BCUT2D eigenvalue weighted by atomic mass is 16.3. The molecule has 62 heavy (non-hydrogen) atoms. The Morgan fingerprint density at radius 3 is 1.63 bits per heavy atom. The van der Waals surface area contributed by atoms with Gasteiger partial charge in [-0.15, -0.1) is 0 Å². The topological polar surface area (TPSA) is 42.4 Å². The summed E-state index contributed by atoms with van der Waals surface area (Å²) < 4.78 is 13.4. The zero-order valence-electron chi connectivity index (χ0n) is 34.1. The molecule has 0 amide bonds. The zero-order valence-corrected chi connectivity index (χ0v) is 34.1. The summed E-state index contributed by atoms with van der Waals surface area (Å²) in [4.78, 5) is 7.19. The third-order valence-corrected chi connectivity index (χ3v) is 11.9. The number of aromatic nitrogens is 1. The summed E-state index contributed by atoms with van der Waals surface area (Å²) in [5.41, 5.74) is 14.1. The summed E-state index contributed by atoms with van der Waals surface area (Å²) in [6.07, 6.45) is 0. The molecular weight excluding hydrogens is 757 g/mol. The van der Waals surface area contributed by atoms with Crippen LogP contribution in [0.15, 0.2) is 221 Å². The first-order valence-corrected chi connectivity index (χ1v) is 20.9. The number of hydrogen-bond acceptors (Lipinski definition) is 4. The lowest BCUT2D eigenvalue weighted by Gasteiger charge is -2.28. The molecule has 0 spiro atoms. The second kappa shape index (κ2) is 15.4. The second-order valence-corrected chi connectivity index (χ2v) is 15.6. The number of para-hydroxylation sites is 2. The van der Waals surface area contributed by atoms with Crippen molar-refractivity contribution in [3.8, 4) is 44.8 Å². The molecule has 2 aromatic heterocycles. The highest BCUT2D eigenvalue weighted by Crippen LogP contribution is 2.44. The minimum absolute atomic E-state index is 0.605. The second-order valence-electron chi connectivity index (χ2n) is 15.6. The van der Waals surface area contributed by atoms with Gasteiger partial charge in [0.1, 0.15) is 11.1 Å². The summed E-state index contributed by atoms with van der Waals surface area (Å²) in [6.45, 7) is 6.75. The van der Waals surface area contributed by atoms with E-state index < -0.39 is 0 Å². The summed E-state index contributed by atoms with van der Waals surface area (Å²) in [5.74, 6) is 1.38. The van der Waals surface area contributed by atoms with Crippen LogP contribution < -0.4 is 15.3 Å². The van der Waals surface area contributed by atoms with E-state index in [0.717, 1.165) is 99.5 Å². The van der Waals surface area contributed by atoms with E-state index in [9.17, 15) is 0 Å². The minimum Gasteiger partial charge on any atom is -0.454 e. The molecule has 0 atom stereocenters. The maximum atomic E-state index is 7.15. The Hall–Kier alpha value is -8.21. The monoisotopic (exact) mass is 796 g/mol. The van der Waals surface area contributed by atoms with Crippen molar-refractivity contribution < 1.29 is 8.83 Å². The van der Waals surface area contributed by atoms with E-state index >= 15 is 0 Å². The molecular formula is C58H40N2O2. The van der Waals surface area contributed by atoms with Crippen molar-refractivity contribution in [2.24, 2.45) is 0 Å². The average molecular weight is 797 g/mol. The van der Waals surface area contributed by atoms with E-state index in [1.165, 1.54) is 11.1 Å². The molecule has 11 rings (SSSR count). The Morgan fingerprint density at radius 1 is 0.452 bits per heavy atom. The number of benzene rings is 9. The molecule has 0 bridgehead atoms. The number of rotatable bonds is 8. The van der Waals surface area contributed by atoms with Crippen LogP contribution in [0.2, 0.25) is 0 Å². The van der Waals surface area contributed by atoms with Gasteiger partial charge < -0.3 is 13.7 Å². The standard InChI is InChI=1S/C58H40N2O2/c1-38-16-9-10-21-46(38)56(60(44-32-28-42(29-33-44)40-17-5-3-6-18-40)45-34-30-43(31-35-45)41-19-7-4-8-20-41)57-39(2)55-50(24-15-27-54(55)61-57)49-36-37-51(48-23-12-11-22-47(48)49)58-59-52-25-13-14-26-53(52)62-58/h3-37H,1H2,2H3/b56-46+. The Kier molecular flexibility index (Phi) is 9.17. The molecule has 0 aliphatic rings. The fourth-order valence-electron chi connectivity index (χ4n) is 8.83. The molecule has 0 N–H and O–H groups in total. The Labute approximate surface area is 359 Å². The van der Waals surface area contributed by atoms with Crippen molar-refractivity contribution in [3.63, 3.8) is 0 Å². The molecule has 0 saturated carbocycles. The van der Waals surface area contributed by atoms with E-state index in [-0.39, 0.29) is 0 Å². The lowest BCUT2D eigenvalue weighted by molar-refractivity contribution is 0.594. The smallest absolute Gasteiger partial charge is 0.227 e. The maximum Gasteiger partial charge on any atom is 0.227 e. The van der Waals surface area contributed by atoms with E-state index in [0.29, 0.717) is 5.89 Å². The molecule has 294 valence electrons. The quantitative estimate of drug-likeness (QED) is 0.154. The average Bonchev–Trinajstić information content (AvgIpc) is 3.92. The third kappa shape index (κ3) is 6.46. The number of aryl methyl sites for hydroxylation is 1. The Balaban J connectivity index is 1.12. The minimum atomic E-state index is 0.605. The van der Waals surface area contributed by atoms with Gasteiger partial charge in [-0.2, -0.15) is 0 Å². The Morgan fingerprint density at radius 2 is 0.984 bits per heavy atom. The fourth-order valence-corrected chi connectivity index (χ4v) is 8.83. The predicted molar refractivity (Wildman–Crippen MR) is 257 cm³/mol. The molecule has 0 saturated heterocycles. The zero-order chi connectivity index (χ0) is 41.6. The summed E-state index contributed by atoms with van der Waals surface area (Å²) >= 11 is 0. The van der Waals surface area contributed by atoms with Crippen molar-refractivity contribution >= 4 is 56.5 Å². The first-order chi connectivity index (χ1) is 30.6. The van der Waals surface area contributed by atoms with Crippen LogP contribution in [0.3, 0.4) is 0 Å². The van der Waals surface area contributed by atoms with Crippen LogP contribution in [-0.2, 0) is 0 Å². The van der Waals surface area contributed by atoms with Crippen LogP contribution in [-0.4, -0.2) is 4.98 Å². The number of furan rings is 1. The Bertz CT molecular complexity index is 3420. The molecule has 9 aromatic carbocycles. The van der Waals surface area contributed by atoms with Gasteiger partial charge in [0.2, 0.25) is 5.89 Å². The van der Waals surface area contributed by atoms with Crippen molar-refractivity contribution in [2.75, 3.05) is 4.90 Å². The first kappa shape index (κ1) is 36.8. The number of hydrogen-bond donors (Lipinski definition) is 0. The summed E-state index contributed by atoms with van der Waals surface area (Å²) in [6, 6.07) is 74.0. The molecule has 2 heterocycles. The number of anilines is 2. The van der Waals surface area contributed by atoms with Gasteiger partial charge in [-0.1, -0.05) is 170 Å². The third-order valence-electron chi connectivity index (χ3n) is 11.9. The van der Waals surface area contributed by atoms with Crippen molar-refractivity contribution in [1.29, 1.82) is 0 Å². The van der Waals surface area contributed by atoms with Crippen LogP contribution in [0.25, 0.3) is 90.0 Å².